The van der Waals surface area contributed by atoms with Crippen molar-refractivity contribution in [2.24, 2.45) is 5.92 Å². The van der Waals surface area contributed by atoms with E-state index in [1.807, 2.05) is 0 Å². The number of rotatable bonds is 2. The fourth-order valence-electron chi connectivity index (χ4n) is 2.44. The molecule has 0 radical (unpaired) electrons. The monoisotopic (exact) mass is 195 g/mol. The fourth-order valence-corrected chi connectivity index (χ4v) is 2.44. The van der Waals surface area contributed by atoms with Crippen LogP contribution in [0.5, 0.6) is 0 Å². The molecule has 0 saturated carbocycles. The Morgan fingerprint density at radius 1 is 1.29 bits per heavy atom. The fraction of sp³-hybridized carbons (Fsp3) is 0.833. The lowest BCUT2D eigenvalue weighted by Crippen LogP contribution is -2.23. The van der Waals surface area contributed by atoms with Gasteiger partial charge in [-0.1, -0.05) is 11.6 Å². The lowest BCUT2D eigenvalue weighted by molar-refractivity contribution is 0.0783. The van der Waals surface area contributed by atoms with E-state index in [1.165, 1.54) is 32.2 Å². The molecule has 1 unspecified atom stereocenters. The molecule has 2 aliphatic heterocycles. The third-order valence-electron chi connectivity index (χ3n) is 3.37. The highest BCUT2D eigenvalue weighted by atomic mass is 16.5. The van der Waals surface area contributed by atoms with Crippen LogP contribution >= 0.6 is 0 Å². The maximum atomic E-state index is 5.36. The summed E-state index contributed by atoms with van der Waals surface area (Å²) in [6, 6.07) is 0.665. The summed E-state index contributed by atoms with van der Waals surface area (Å²) in [6.07, 6.45) is 7.56. The van der Waals surface area contributed by atoms with Crippen LogP contribution in [0.4, 0.5) is 0 Å². The minimum atomic E-state index is 0.665. The van der Waals surface area contributed by atoms with Gasteiger partial charge in [-0.3, -0.25) is 0 Å². The Labute approximate surface area is 86.7 Å². The number of hydrogen-bond donors (Lipinski definition) is 1. The van der Waals surface area contributed by atoms with Crippen molar-refractivity contribution in [3.05, 3.63) is 11.6 Å². The summed E-state index contributed by atoms with van der Waals surface area (Å²) in [6.45, 7) is 5.38. The normalized spacial score (nSPS) is 30.9. The van der Waals surface area contributed by atoms with E-state index < -0.39 is 0 Å². The zero-order valence-corrected chi connectivity index (χ0v) is 9.09. The molecule has 1 N–H and O–H groups in total. The van der Waals surface area contributed by atoms with Gasteiger partial charge in [0.15, 0.2) is 0 Å². The van der Waals surface area contributed by atoms with Crippen LogP contribution in [0.3, 0.4) is 0 Å². The van der Waals surface area contributed by atoms with Gasteiger partial charge in [0.25, 0.3) is 0 Å². The van der Waals surface area contributed by atoms with Gasteiger partial charge in [-0.2, -0.15) is 0 Å². The number of ether oxygens (including phenoxy) is 1. The van der Waals surface area contributed by atoms with Crippen LogP contribution in [0, 0.1) is 5.92 Å². The van der Waals surface area contributed by atoms with Crippen LogP contribution in [-0.2, 0) is 4.74 Å². The average Bonchev–Trinajstić information content (AvgIpc) is 2.72. The molecule has 2 heterocycles. The molecule has 2 fully saturated rings. The Kier molecular flexibility index (Phi) is 3.60. The molecule has 0 bridgehead atoms. The smallest absolute Gasteiger partial charge is 0.0471 e. The first-order chi connectivity index (χ1) is 6.86. The molecule has 0 aromatic heterocycles. The minimum Gasteiger partial charge on any atom is -0.381 e. The van der Waals surface area contributed by atoms with Crippen molar-refractivity contribution >= 4 is 0 Å². The van der Waals surface area contributed by atoms with Crippen molar-refractivity contribution in [2.75, 3.05) is 19.8 Å². The van der Waals surface area contributed by atoms with Gasteiger partial charge in [0.1, 0.15) is 0 Å². The predicted molar refractivity (Wildman–Crippen MR) is 58.3 cm³/mol. The van der Waals surface area contributed by atoms with E-state index >= 15 is 0 Å². The Hall–Kier alpha value is -0.340. The highest BCUT2D eigenvalue weighted by Gasteiger charge is 2.17. The summed E-state index contributed by atoms with van der Waals surface area (Å²) in [5, 5.41) is 3.55. The summed E-state index contributed by atoms with van der Waals surface area (Å²) in [4.78, 5) is 0. The second-order valence-electron chi connectivity index (χ2n) is 4.51. The van der Waals surface area contributed by atoms with Crippen molar-refractivity contribution in [3.8, 4) is 0 Å². The van der Waals surface area contributed by atoms with Gasteiger partial charge >= 0.3 is 0 Å². The van der Waals surface area contributed by atoms with Gasteiger partial charge in [0, 0.05) is 19.3 Å². The molecule has 2 heteroatoms. The molecule has 14 heavy (non-hydrogen) atoms. The number of hydrogen-bond acceptors (Lipinski definition) is 2. The summed E-state index contributed by atoms with van der Waals surface area (Å²) in [5.74, 6) is 0.770. The maximum Gasteiger partial charge on any atom is 0.0471 e. The predicted octanol–water partition coefficient (Wildman–Crippen LogP) is 2.11. The molecule has 0 aromatic rings. The summed E-state index contributed by atoms with van der Waals surface area (Å²) >= 11 is 0. The first-order valence-corrected chi connectivity index (χ1v) is 5.86. The Morgan fingerprint density at radius 3 is 2.71 bits per heavy atom. The molecule has 0 spiro atoms. The Bertz CT molecular complexity index is 200. The molecule has 2 nitrogen and oxygen atoms in total. The van der Waals surface area contributed by atoms with E-state index in [0.29, 0.717) is 6.04 Å². The van der Waals surface area contributed by atoms with Gasteiger partial charge in [-0.15, -0.1) is 0 Å². The van der Waals surface area contributed by atoms with E-state index in [2.05, 4.69) is 18.3 Å². The molecule has 2 saturated heterocycles. The highest BCUT2D eigenvalue weighted by molar-refractivity contribution is 5.11. The van der Waals surface area contributed by atoms with Crippen LogP contribution in [0.25, 0.3) is 0 Å². The third kappa shape index (κ3) is 2.58. The van der Waals surface area contributed by atoms with E-state index in [4.69, 9.17) is 4.74 Å². The standard InChI is InChI=1S/C12H21NO/c1-10(12-3-2-6-13-12)9-11-4-7-14-8-5-11/h9,11-13H,2-8H2,1H3/b10-9-. The van der Waals surface area contributed by atoms with Crippen LogP contribution in [0.2, 0.25) is 0 Å². The van der Waals surface area contributed by atoms with Crippen molar-refractivity contribution in [2.45, 2.75) is 38.6 Å². The van der Waals surface area contributed by atoms with Crippen LogP contribution in [0.15, 0.2) is 11.6 Å². The molecule has 80 valence electrons. The largest absolute Gasteiger partial charge is 0.381 e. The SMILES string of the molecule is C/C(=C/C1CCOCC1)C1CCCN1. The molecule has 2 aliphatic rings. The summed E-state index contributed by atoms with van der Waals surface area (Å²) in [5.41, 5.74) is 1.55. The quantitative estimate of drug-likeness (QED) is 0.681. The molecule has 0 aromatic carbocycles. The number of nitrogens with one attached hydrogen (secondary N) is 1. The lowest BCUT2D eigenvalue weighted by atomic mass is 9.95. The van der Waals surface area contributed by atoms with Gasteiger partial charge in [0.05, 0.1) is 0 Å². The molecule has 1 atom stereocenters. The van der Waals surface area contributed by atoms with E-state index in [-0.39, 0.29) is 0 Å². The Balaban J connectivity index is 1.87. The maximum absolute atomic E-state index is 5.36. The summed E-state index contributed by atoms with van der Waals surface area (Å²) in [7, 11) is 0. The second-order valence-corrected chi connectivity index (χ2v) is 4.51. The summed E-state index contributed by atoms with van der Waals surface area (Å²) < 4.78 is 5.36. The van der Waals surface area contributed by atoms with E-state index in [9.17, 15) is 0 Å². The van der Waals surface area contributed by atoms with Crippen LogP contribution in [-0.4, -0.2) is 25.8 Å². The molecule has 2 rings (SSSR count). The number of allylic oxidation sites excluding steroid dienone is 1. The van der Waals surface area contributed by atoms with Gasteiger partial charge < -0.3 is 10.1 Å². The van der Waals surface area contributed by atoms with Gasteiger partial charge in [-0.25, -0.2) is 0 Å². The molecular formula is C12H21NO. The molecule has 0 aliphatic carbocycles. The zero-order valence-electron chi connectivity index (χ0n) is 9.09. The molecule has 0 amide bonds. The van der Waals surface area contributed by atoms with E-state index in [1.54, 1.807) is 5.57 Å². The minimum absolute atomic E-state index is 0.665. The third-order valence-corrected chi connectivity index (χ3v) is 3.37. The second kappa shape index (κ2) is 4.94. The zero-order chi connectivity index (χ0) is 9.80. The highest BCUT2D eigenvalue weighted by Crippen LogP contribution is 2.21. The van der Waals surface area contributed by atoms with Crippen LogP contribution < -0.4 is 5.32 Å². The topological polar surface area (TPSA) is 21.3 Å². The first-order valence-electron chi connectivity index (χ1n) is 5.86. The van der Waals surface area contributed by atoms with Crippen LogP contribution in [0.1, 0.15) is 32.6 Å². The Morgan fingerprint density at radius 2 is 2.07 bits per heavy atom. The van der Waals surface area contributed by atoms with Crippen molar-refractivity contribution in [1.29, 1.82) is 0 Å². The van der Waals surface area contributed by atoms with Gasteiger partial charge in [-0.05, 0) is 45.1 Å². The van der Waals surface area contributed by atoms with Gasteiger partial charge in [0.2, 0.25) is 0 Å². The first kappa shape index (κ1) is 10.2. The van der Waals surface area contributed by atoms with Crippen molar-refractivity contribution < 1.29 is 4.74 Å². The molecular weight excluding hydrogens is 174 g/mol. The van der Waals surface area contributed by atoms with Crippen molar-refractivity contribution in [1.82, 2.24) is 5.32 Å². The average molecular weight is 195 g/mol. The van der Waals surface area contributed by atoms with Crippen molar-refractivity contribution in [3.63, 3.8) is 0 Å². The lowest BCUT2D eigenvalue weighted by Gasteiger charge is -2.21. The van der Waals surface area contributed by atoms with E-state index in [0.717, 1.165) is 19.1 Å².